The molecular formula is C23H18F4N6OS. The van der Waals surface area contributed by atoms with Crippen LogP contribution in [0.2, 0.25) is 0 Å². The van der Waals surface area contributed by atoms with E-state index >= 15 is 0 Å². The Morgan fingerprint density at radius 3 is 2.71 bits per heavy atom. The van der Waals surface area contributed by atoms with E-state index in [2.05, 4.69) is 27.1 Å². The minimum atomic E-state index is -4.70. The second-order valence-electron chi connectivity index (χ2n) is 7.20. The summed E-state index contributed by atoms with van der Waals surface area (Å²) in [7, 11) is 0. The Kier molecular flexibility index (Phi) is 7.61. The average Bonchev–Trinajstić information content (AvgIpc) is 3.47. The minimum Gasteiger partial charge on any atom is -0.346 e. The molecule has 0 bridgehead atoms. The lowest BCUT2D eigenvalue weighted by atomic mass is 10.0. The van der Waals surface area contributed by atoms with Gasteiger partial charge in [0.2, 0.25) is 0 Å². The lowest BCUT2D eigenvalue weighted by Crippen LogP contribution is -2.25. The predicted octanol–water partition coefficient (Wildman–Crippen LogP) is 5.38. The van der Waals surface area contributed by atoms with Crippen LogP contribution in [0.3, 0.4) is 0 Å². The summed E-state index contributed by atoms with van der Waals surface area (Å²) in [5, 5.41) is 15.7. The van der Waals surface area contributed by atoms with E-state index in [1.54, 1.807) is 6.92 Å². The number of nitrogens with one attached hydrogen (secondary N) is 1. The Morgan fingerprint density at radius 2 is 2.11 bits per heavy atom. The number of hydrogen-bond donors (Lipinski definition) is 1. The smallest absolute Gasteiger partial charge is 0.346 e. The van der Waals surface area contributed by atoms with Crippen LogP contribution in [0.25, 0.3) is 17.0 Å². The second kappa shape index (κ2) is 10.4. The summed E-state index contributed by atoms with van der Waals surface area (Å²) in [6.07, 6.45) is -2.13. The van der Waals surface area contributed by atoms with Gasteiger partial charge in [-0.1, -0.05) is 6.07 Å². The normalized spacial score (nSPS) is 12.7. The second-order valence-corrected chi connectivity index (χ2v) is 8.06. The number of thiazole rings is 1. The van der Waals surface area contributed by atoms with Crippen molar-refractivity contribution in [3.8, 4) is 17.3 Å². The Balaban J connectivity index is 1.81. The number of alkyl halides is 3. The number of rotatable bonds is 7. The van der Waals surface area contributed by atoms with Crippen LogP contribution in [-0.4, -0.2) is 33.9 Å². The van der Waals surface area contributed by atoms with Gasteiger partial charge in [-0.3, -0.25) is 9.79 Å². The molecule has 7 nitrogen and oxygen atoms in total. The van der Waals surface area contributed by atoms with Gasteiger partial charge in [0.1, 0.15) is 10.7 Å². The maximum atomic E-state index is 14.8. The highest BCUT2D eigenvalue weighted by Gasteiger charge is 2.34. The summed E-state index contributed by atoms with van der Waals surface area (Å²) in [5.41, 5.74) is 1.05. The van der Waals surface area contributed by atoms with Crippen molar-refractivity contribution in [2.24, 2.45) is 4.99 Å². The van der Waals surface area contributed by atoms with Crippen molar-refractivity contribution < 1.29 is 22.4 Å². The van der Waals surface area contributed by atoms with Crippen molar-refractivity contribution >= 4 is 29.7 Å². The molecule has 0 aliphatic rings. The zero-order chi connectivity index (χ0) is 25.8. The summed E-state index contributed by atoms with van der Waals surface area (Å²) < 4.78 is 55.8. The summed E-state index contributed by atoms with van der Waals surface area (Å²) in [6, 6.07) is 6.26. The number of amides is 1. The van der Waals surface area contributed by atoms with E-state index in [0.717, 1.165) is 29.5 Å². The molecule has 1 N–H and O–H groups in total. The van der Waals surface area contributed by atoms with Gasteiger partial charge < -0.3 is 5.32 Å². The molecule has 2 aromatic heterocycles. The zero-order valence-electron chi connectivity index (χ0n) is 18.5. The molecule has 3 aromatic rings. The van der Waals surface area contributed by atoms with Crippen molar-refractivity contribution in [2.45, 2.75) is 20.0 Å². The fraction of sp³-hybridized carbons (Fsp3) is 0.174. The number of nitriles is 1. The number of hydrogen-bond acceptors (Lipinski definition) is 6. The topological polar surface area (TPSA) is 96.0 Å². The SMILES string of the molecule is C=N/C(CNC(=O)c1scnc1C)=C(F)\C=C(/C)n1ccc(-c2ccc(C#N)c(C(F)(F)F)c2)n1. The van der Waals surface area contributed by atoms with Gasteiger partial charge >= 0.3 is 6.18 Å². The Morgan fingerprint density at radius 1 is 1.37 bits per heavy atom. The van der Waals surface area contributed by atoms with Gasteiger partial charge in [0.25, 0.3) is 5.91 Å². The van der Waals surface area contributed by atoms with Crippen LogP contribution in [0.1, 0.15) is 33.4 Å². The predicted molar refractivity (Wildman–Crippen MR) is 124 cm³/mol. The van der Waals surface area contributed by atoms with Crippen molar-refractivity contribution in [2.75, 3.05) is 6.54 Å². The molecule has 35 heavy (non-hydrogen) atoms. The van der Waals surface area contributed by atoms with Crippen LogP contribution in [0.15, 0.2) is 58.6 Å². The largest absolute Gasteiger partial charge is 0.417 e. The fourth-order valence-corrected chi connectivity index (χ4v) is 3.74. The van der Waals surface area contributed by atoms with Gasteiger partial charge in [0, 0.05) is 17.5 Å². The summed E-state index contributed by atoms with van der Waals surface area (Å²) >= 11 is 1.16. The van der Waals surface area contributed by atoms with E-state index in [1.807, 2.05) is 0 Å². The molecular weight excluding hydrogens is 484 g/mol. The Hall–Kier alpha value is -4.11. The molecule has 0 unspecified atom stereocenters. The molecule has 0 aliphatic carbocycles. The Bertz CT molecular complexity index is 1380. The highest BCUT2D eigenvalue weighted by atomic mass is 32.1. The molecule has 1 amide bonds. The number of carbonyl (C=O) groups is 1. The van der Waals surface area contributed by atoms with Gasteiger partial charge in [0.05, 0.1) is 46.3 Å². The molecule has 0 radical (unpaired) electrons. The maximum Gasteiger partial charge on any atom is 0.417 e. The summed E-state index contributed by atoms with van der Waals surface area (Å²) in [4.78, 5) is 20.2. The van der Waals surface area contributed by atoms with Gasteiger partial charge in [-0.2, -0.15) is 23.5 Å². The number of aromatic nitrogens is 3. The third-order valence-corrected chi connectivity index (χ3v) is 5.79. The van der Waals surface area contributed by atoms with E-state index in [-0.39, 0.29) is 23.5 Å². The van der Waals surface area contributed by atoms with Crippen molar-refractivity contribution in [3.63, 3.8) is 0 Å². The minimum absolute atomic E-state index is 0.117. The zero-order valence-corrected chi connectivity index (χ0v) is 19.3. The molecule has 0 spiro atoms. The molecule has 1 aromatic carbocycles. The third kappa shape index (κ3) is 5.88. The first-order valence-corrected chi connectivity index (χ1v) is 10.8. The van der Waals surface area contributed by atoms with E-state index in [4.69, 9.17) is 5.26 Å². The first-order valence-electron chi connectivity index (χ1n) is 9.95. The van der Waals surface area contributed by atoms with Crippen LogP contribution < -0.4 is 5.32 Å². The molecule has 2 heterocycles. The summed E-state index contributed by atoms with van der Waals surface area (Å²) in [6.45, 7) is 6.33. The van der Waals surface area contributed by atoms with Crippen molar-refractivity contribution in [1.82, 2.24) is 20.1 Å². The third-order valence-electron chi connectivity index (χ3n) is 4.86. The van der Waals surface area contributed by atoms with Crippen LogP contribution in [0, 0.1) is 18.3 Å². The standard InChI is InChI=1S/C23H18F4N6OS/c1-13(8-18(24)20(29-3)11-30-22(34)21-14(2)31-12-35-21)33-7-6-19(32-33)15-4-5-16(10-28)17(9-15)23(25,26)27/h4-9,12H,3,11H2,1-2H3,(H,30,34)/b13-8+,20-18+. The Labute approximate surface area is 201 Å². The molecule has 0 aliphatic heterocycles. The molecule has 3 rings (SSSR count). The number of carbonyl (C=O) groups excluding carboxylic acids is 1. The van der Waals surface area contributed by atoms with E-state index < -0.39 is 29.0 Å². The number of halogens is 4. The number of aryl methyl sites for hydroxylation is 1. The van der Waals surface area contributed by atoms with E-state index in [1.165, 1.54) is 41.5 Å². The fourth-order valence-electron chi connectivity index (χ4n) is 3.02. The molecule has 0 atom stereocenters. The van der Waals surface area contributed by atoms with Gasteiger partial charge in [0.15, 0.2) is 0 Å². The van der Waals surface area contributed by atoms with Gasteiger partial charge in [-0.25, -0.2) is 14.1 Å². The van der Waals surface area contributed by atoms with Gasteiger partial charge in [-0.05, 0) is 44.8 Å². The number of allylic oxidation sites excluding steroid dienone is 3. The van der Waals surface area contributed by atoms with Gasteiger partial charge in [-0.15, -0.1) is 11.3 Å². The first-order chi connectivity index (χ1) is 16.5. The van der Waals surface area contributed by atoms with Crippen molar-refractivity contribution in [3.05, 3.63) is 75.3 Å². The monoisotopic (exact) mass is 502 g/mol. The summed E-state index contributed by atoms with van der Waals surface area (Å²) in [5.74, 6) is -1.19. The molecule has 12 heteroatoms. The number of aliphatic imine (C=N–C) groups is 1. The lowest BCUT2D eigenvalue weighted by Gasteiger charge is -2.10. The molecule has 0 fully saturated rings. The average molecular weight is 502 g/mol. The lowest BCUT2D eigenvalue weighted by molar-refractivity contribution is -0.137. The number of benzene rings is 1. The van der Waals surface area contributed by atoms with Crippen molar-refractivity contribution in [1.29, 1.82) is 5.26 Å². The molecule has 0 saturated heterocycles. The highest BCUT2D eigenvalue weighted by molar-refractivity contribution is 7.11. The molecule has 0 saturated carbocycles. The van der Waals surface area contributed by atoms with E-state index in [0.29, 0.717) is 16.3 Å². The van der Waals surface area contributed by atoms with Crippen LogP contribution in [-0.2, 0) is 6.18 Å². The van der Waals surface area contributed by atoms with E-state index in [9.17, 15) is 22.4 Å². The van der Waals surface area contributed by atoms with Crippen LogP contribution >= 0.6 is 11.3 Å². The quantitative estimate of drug-likeness (QED) is 0.267. The highest BCUT2D eigenvalue weighted by Crippen LogP contribution is 2.34. The maximum absolute atomic E-state index is 14.8. The molecule has 180 valence electrons. The first kappa shape index (κ1) is 25.5. The van der Waals surface area contributed by atoms with Crippen LogP contribution in [0.4, 0.5) is 17.6 Å². The number of nitrogens with zero attached hydrogens (tertiary/aromatic N) is 5. The van der Waals surface area contributed by atoms with Crippen LogP contribution in [0.5, 0.6) is 0 Å².